The molecule has 386 valence electrons. The van der Waals surface area contributed by atoms with E-state index in [9.17, 15) is 28.9 Å². The summed E-state index contributed by atoms with van der Waals surface area (Å²) < 4.78 is 39.2. The smallest absolute Gasteiger partial charge is 0.461 e. The number of hydrogen-bond donors (Lipinski definition) is 2. The topological polar surface area (TPSA) is 155 Å². The number of phosphoric acid groups is 1. The number of esters is 3. The van der Waals surface area contributed by atoms with Crippen molar-refractivity contribution in [1.82, 2.24) is 0 Å². The average molecular weight is 971 g/mol. The number of aliphatic hydroxyl groups is 1. The molecule has 0 fully saturated rings. The summed E-state index contributed by atoms with van der Waals surface area (Å²) >= 11 is 0. The number of carbonyl (C=O) groups excluding carboxylic acids is 3. The van der Waals surface area contributed by atoms with Crippen LogP contribution in [0.25, 0.3) is 0 Å². The van der Waals surface area contributed by atoms with Crippen LogP contribution >= 0.6 is 7.82 Å². The van der Waals surface area contributed by atoms with Gasteiger partial charge in [-0.1, -0.05) is 194 Å². The molecule has 0 bridgehead atoms. The Labute approximate surface area is 412 Å². The summed E-state index contributed by atoms with van der Waals surface area (Å²) in [5.74, 6) is -1.66. The Morgan fingerprint density at radius 3 is 1.25 bits per heavy atom. The minimum atomic E-state index is -4.77. The van der Waals surface area contributed by atoms with E-state index in [1.807, 2.05) is 12.2 Å². The van der Waals surface area contributed by atoms with Crippen molar-refractivity contribution in [2.75, 3.05) is 26.4 Å². The molecule has 0 aliphatic heterocycles. The van der Waals surface area contributed by atoms with Gasteiger partial charge in [0.05, 0.1) is 26.2 Å². The third kappa shape index (κ3) is 47.2. The van der Waals surface area contributed by atoms with Gasteiger partial charge in [-0.25, -0.2) is 4.57 Å². The van der Waals surface area contributed by atoms with E-state index in [-0.39, 0.29) is 19.3 Å². The van der Waals surface area contributed by atoms with Crippen LogP contribution in [0.2, 0.25) is 0 Å². The second kappa shape index (κ2) is 49.6. The van der Waals surface area contributed by atoms with Crippen molar-refractivity contribution in [3.63, 3.8) is 0 Å². The minimum Gasteiger partial charge on any atom is -0.461 e. The normalized spacial score (nSPS) is 14.4. The second-order valence-electron chi connectivity index (χ2n) is 16.6. The lowest BCUT2D eigenvalue weighted by Crippen LogP contribution is -2.30. The maximum absolute atomic E-state index is 12.8. The van der Waals surface area contributed by atoms with Crippen LogP contribution in [0.4, 0.5) is 0 Å². The lowest BCUT2D eigenvalue weighted by Gasteiger charge is -2.21. The zero-order valence-corrected chi connectivity index (χ0v) is 43.2. The van der Waals surface area contributed by atoms with Gasteiger partial charge in [-0.2, -0.15) is 0 Å². The van der Waals surface area contributed by atoms with Crippen LogP contribution in [0.1, 0.15) is 188 Å². The lowest BCUT2D eigenvalue weighted by atomic mass is 10.1. The maximum Gasteiger partial charge on any atom is 0.472 e. The molecule has 3 unspecified atom stereocenters. The van der Waals surface area contributed by atoms with Crippen molar-refractivity contribution >= 4 is 25.7 Å². The summed E-state index contributed by atoms with van der Waals surface area (Å²) in [6, 6.07) is 0. The molecule has 0 aliphatic rings. The number of carbonyl (C=O) groups is 3. The van der Waals surface area contributed by atoms with Crippen molar-refractivity contribution in [2.45, 2.75) is 200 Å². The predicted molar refractivity (Wildman–Crippen MR) is 279 cm³/mol. The van der Waals surface area contributed by atoms with Crippen LogP contribution in [0.15, 0.2) is 109 Å². The molecule has 12 heteroatoms. The SMILES string of the molecule is CC/C=C\C/C=C\C/C=C\C/C=C\C/C=C\CC(=O)OCC(COP(=O)(O)OCC(CO)OC(=O)CCCCCCCCCCC)OC(=O)CCCCCC/C=C\C/C=C\C/C=C\C/C=C\CC. The van der Waals surface area contributed by atoms with E-state index in [4.69, 9.17) is 23.3 Å². The monoisotopic (exact) mass is 971 g/mol. The molecule has 0 heterocycles. The minimum absolute atomic E-state index is 0.0159. The van der Waals surface area contributed by atoms with Crippen molar-refractivity contribution < 1.29 is 52.2 Å². The summed E-state index contributed by atoms with van der Waals surface area (Å²) in [6.07, 6.45) is 58.1. The third-order valence-electron chi connectivity index (χ3n) is 10.2. The van der Waals surface area contributed by atoms with E-state index in [0.717, 1.165) is 96.3 Å². The molecule has 0 saturated heterocycles. The molecule has 0 amide bonds. The highest BCUT2D eigenvalue weighted by atomic mass is 31.2. The first-order valence-electron chi connectivity index (χ1n) is 25.8. The fourth-order valence-electron chi connectivity index (χ4n) is 6.36. The Morgan fingerprint density at radius 1 is 0.441 bits per heavy atom. The number of unbranched alkanes of at least 4 members (excludes halogenated alkanes) is 12. The first-order valence-corrected chi connectivity index (χ1v) is 27.3. The number of phosphoric ester groups is 1. The molecular formula is C56H91O11P. The Bertz CT molecular complexity index is 1550. The number of hydrogen-bond acceptors (Lipinski definition) is 10. The first kappa shape index (κ1) is 64.1. The fourth-order valence-corrected chi connectivity index (χ4v) is 7.14. The molecule has 3 atom stereocenters. The Morgan fingerprint density at radius 2 is 0.809 bits per heavy atom. The van der Waals surface area contributed by atoms with Gasteiger partial charge in [0, 0.05) is 12.8 Å². The van der Waals surface area contributed by atoms with Crippen molar-refractivity contribution in [3.8, 4) is 0 Å². The molecule has 0 radical (unpaired) electrons. The van der Waals surface area contributed by atoms with Gasteiger partial charge < -0.3 is 24.2 Å². The Balaban J connectivity index is 4.93. The lowest BCUT2D eigenvalue weighted by molar-refractivity contribution is -0.161. The van der Waals surface area contributed by atoms with Gasteiger partial charge >= 0.3 is 25.7 Å². The van der Waals surface area contributed by atoms with E-state index < -0.39 is 64.4 Å². The molecular weight excluding hydrogens is 880 g/mol. The number of rotatable bonds is 46. The number of aliphatic hydroxyl groups excluding tert-OH is 1. The molecule has 0 aromatic heterocycles. The quantitative estimate of drug-likeness (QED) is 0.0197. The van der Waals surface area contributed by atoms with Crippen LogP contribution in [-0.4, -0.2) is 66.5 Å². The van der Waals surface area contributed by atoms with Gasteiger partial charge in [0.25, 0.3) is 0 Å². The van der Waals surface area contributed by atoms with Gasteiger partial charge in [0.2, 0.25) is 0 Å². The van der Waals surface area contributed by atoms with E-state index in [2.05, 4.69) is 112 Å². The largest absolute Gasteiger partial charge is 0.472 e. The summed E-state index contributed by atoms with van der Waals surface area (Å²) in [5, 5.41) is 9.74. The van der Waals surface area contributed by atoms with E-state index in [1.54, 1.807) is 6.08 Å². The fraction of sp³-hybridized carbons (Fsp3) is 0.625. The zero-order chi connectivity index (χ0) is 49.9. The van der Waals surface area contributed by atoms with Gasteiger partial charge in [-0.3, -0.25) is 23.4 Å². The molecule has 0 aromatic rings. The third-order valence-corrected chi connectivity index (χ3v) is 11.2. The molecule has 0 saturated carbocycles. The molecule has 0 aromatic carbocycles. The Kier molecular flexibility index (Phi) is 46.7. The van der Waals surface area contributed by atoms with Gasteiger partial charge in [0.15, 0.2) is 6.10 Å². The van der Waals surface area contributed by atoms with E-state index in [1.165, 1.54) is 32.1 Å². The second-order valence-corrected chi connectivity index (χ2v) is 18.0. The maximum atomic E-state index is 12.8. The van der Waals surface area contributed by atoms with E-state index >= 15 is 0 Å². The zero-order valence-electron chi connectivity index (χ0n) is 42.3. The number of ether oxygens (including phenoxy) is 3. The van der Waals surface area contributed by atoms with Crippen molar-refractivity contribution in [2.24, 2.45) is 0 Å². The molecule has 0 rings (SSSR count). The molecule has 11 nitrogen and oxygen atoms in total. The predicted octanol–water partition coefficient (Wildman–Crippen LogP) is 14.7. The molecule has 68 heavy (non-hydrogen) atoms. The summed E-state index contributed by atoms with van der Waals surface area (Å²) in [6.45, 7) is 4.22. The van der Waals surface area contributed by atoms with Crippen LogP contribution in [0.3, 0.4) is 0 Å². The van der Waals surface area contributed by atoms with Crippen LogP contribution in [0.5, 0.6) is 0 Å². The first-order chi connectivity index (χ1) is 33.2. The van der Waals surface area contributed by atoms with E-state index in [0.29, 0.717) is 19.3 Å². The van der Waals surface area contributed by atoms with Gasteiger partial charge in [-0.15, -0.1) is 0 Å². The molecule has 0 spiro atoms. The van der Waals surface area contributed by atoms with Crippen molar-refractivity contribution in [3.05, 3.63) is 109 Å². The summed E-state index contributed by atoms with van der Waals surface area (Å²) in [5.41, 5.74) is 0. The molecule has 2 N–H and O–H groups in total. The van der Waals surface area contributed by atoms with Gasteiger partial charge in [0.1, 0.15) is 12.7 Å². The van der Waals surface area contributed by atoms with Crippen LogP contribution in [-0.2, 0) is 42.2 Å². The summed E-state index contributed by atoms with van der Waals surface area (Å²) in [7, 11) is -4.77. The summed E-state index contributed by atoms with van der Waals surface area (Å²) in [4.78, 5) is 48.2. The highest BCUT2D eigenvalue weighted by Crippen LogP contribution is 2.43. The number of allylic oxidation sites excluding steroid dienone is 17. The average Bonchev–Trinajstić information content (AvgIpc) is 3.32. The van der Waals surface area contributed by atoms with Crippen LogP contribution < -0.4 is 0 Å². The van der Waals surface area contributed by atoms with Crippen molar-refractivity contribution in [1.29, 1.82) is 0 Å². The standard InChI is InChI=1S/C56H91O11P/c1-4-7-10-13-16-19-21-23-25-26-28-30-32-35-38-41-44-47-56(60)67-53(49-63-54(58)45-42-39-36-34-31-29-27-24-22-20-17-14-11-8-5-2)51-65-68(61,62)64-50-52(48-57)66-55(59)46-43-40-37-33-18-15-12-9-6-3/h7-8,10-11,16-17,19-20,23-25,27-28,30-31,34,39,42,52-53,57H,4-6,9,12-15,18,21-22,26,29,32-33,35-38,40-41,43-51H2,1-3H3,(H,61,62)/b10-7-,11-8-,19-16-,20-17-,25-23-,27-24-,30-28-,34-31-,42-39-. The molecule has 0 aliphatic carbocycles. The highest BCUT2D eigenvalue weighted by Gasteiger charge is 2.28. The highest BCUT2D eigenvalue weighted by molar-refractivity contribution is 7.47. The Hall–Kier alpha value is -3.86. The van der Waals surface area contributed by atoms with Crippen LogP contribution in [0, 0.1) is 0 Å². The van der Waals surface area contributed by atoms with Gasteiger partial charge in [-0.05, 0) is 83.5 Å².